The summed E-state index contributed by atoms with van der Waals surface area (Å²) in [7, 11) is 1.39. The van der Waals surface area contributed by atoms with E-state index in [0.717, 1.165) is 18.4 Å². The maximum absolute atomic E-state index is 12.3. The molecule has 1 fully saturated rings. The maximum atomic E-state index is 12.3. The smallest absolute Gasteiger partial charge is 0.317 e. The Kier molecular flexibility index (Phi) is 4.97. The highest BCUT2D eigenvalue weighted by atomic mass is 16.5. The maximum Gasteiger partial charge on any atom is 0.317 e. The number of hydrogen-bond acceptors (Lipinski definition) is 3. The van der Waals surface area contributed by atoms with Crippen molar-refractivity contribution in [2.24, 2.45) is 5.41 Å². The molecule has 1 saturated heterocycles. The number of urea groups is 1. The minimum Gasteiger partial charge on any atom is -0.469 e. The molecule has 0 spiro atoms. The molecule has 2 amide bonds. The van der Waals surface area contributed by atoms with Crippen LogP contribution in [0.25, 0.3) is 10.9 Å². The fourth-order valence-corrected chi connectivity index (χ4v) is 3.47. The van der Waals surface area contributed by atoms with Crippen LogP contribution in [0.2, 0.25) is 0 Å². The van der Waals surface area contributed by atoms with Crippen LogP contribution >= 0.6 is 0 Å². The van der Waals surface area contributed by atoms with Crippen LogP contribution in [0, 0.1) is 5.41 Å². The number of aryl methyl sites for hydroxylation is 1. The molecule has 6 nitrogen and oxygen atoms in total. The van der Waals surface area contributed by atoms with E-state index in [2.05, 4.69) is 22.4 Å². The first-order valence-electron chi connectivity index (χ1n) is 8.70. The SMILES string of the molecule is COC(=O)[C@@]1(C)CCN(C(=O)NCCCc2c[nH]c3ccccc23)C1. The van der Waals surface area contributed by atoms with Gasteiger partial charge in [0.1, 0.15) is 0 Å². The average Bonchev–Trinajstić information content (AvgIpc) is 3.23. The second-order valence-corrected chi connectivity index (χ2v) is 6.92. The number of likely N-dealkylation sites (tertiary alicyclic amines) is 1. The molecule has 0 aliphatic carbocycles. The van der Waals surface area contributed by atoms with Crippen LogP contribution in [-0.4, -0.2) is 48.6 Å². The van der Waals surface area contributed by atoms with Gasteiger partial charge in [-0.25, -0.2) is 4.79 Å². The van der Waals surface area contributed by atoms with Gasteiger partial charge in [0.25, 0.3) is 0 Å². The first-order chi connectivity index (χ1) is 12.0. The van der Waals surface area contributed by atoms with Crippen LogP contribution in [0.15, 0.2) is 30.5 Å². The minimum absolute atomic E-state index is 0.105. The number of nitrogens with zero attached hydrogens (tertiary/aromatic N) is 1. The molecule has 0 bridgehead atoms. The number of esters is 1. The summed E-state index contributed by atoms with van der Waals surface area (Å²) in [4.78, 5) is 29.1. The van der Waals surface area contributed by atoms with Gasteiger partial charge < -0.3 is 19.9 Å². The van der Waals surface area contributed by atoms with E-state index < -0.39 is 5.41 Å². The third-order valence-electron chi connectivity index (χ3n) is 5.01. The lowest BCUT2D eigenvalue weighted by Gasteiger charge is -2.22. The molecule has 1 aliphatic rings. The number of aromatic amines is 1. The Balaban J connectivity index is 1.45. The van der Waals surface area contributed by atoms with Gasteiger partial charge in [0.05, 0.1) is 12.5 Å². The number of fused-ring (bicyclic) bond motifs is 1. The van der Waals surface area contributed by atoms with Gasteiger partial charge in [-0.3, -0.25) is 4.79 Å². The van der Waals surface area contributed by atoms with E-state index in [1.165, 1.54) is 18.1 Å². The van der Waals surface area contributed by atoms with Crippen molar-refractivity contribution >= 4 is 22.9 Å². The Labute approximate surface area is 147 Å². The lowest BCUT2D eigenvalue weighted by Crippen LogP contribution is -2.41. The minimum atomic E-state index is -0.587. The van der Waals surface area contributed by atoms with E-state index in [0.29, 0.717) is 26.1 Å². The monoisotopic (exact) mass is 343 g/mol. The number of nitrogens with one attached hydrogen (secondary N) is 2. The number of carbonyl (C=O) groups is 2. The fourth-order valence-electron chi connectivity index (χ4n) is 3.47. The summed E-state index contributed by atoms with van der Waals surface area (Å²) in [5, 5.41) is 4.19. The molecule has 0 radical (unpaired) electrons. The molecule has 1 aromatic heterocycles. The van der Waals surface area contributed by atoms with E-state index in [1.807, 2.05) is 25.3 Å². The molecule has 3 rings (SSSR count). The van der Waals surface area contributed by atoms with Crippen molar-refractivity contribution in [2.45, 2.75) is 26.2 Å². The molecule has 1 aliphatic heterocycles. The standard InChI is InChI=1S/C19H25N3O3/c1-19(17(23)25-2)9-11-22(13-19)18(24)20-10-5-6-14-12-21-16-8-4-3-7-15(14)16/h3-4,7-8,12,21H,5-6,9-11,13H2,1-2H3,(H,20,24)/t19-/m0/s1. The van der Waals surface area contributed by atoms with Gasteiger partial charge in [0.2, 0.25) is 0 Å². The van der Waals surface area contributed by atoms with Crippen LogP contribution in [0.3, 0.4) is 0 Å². The molecule has 134 valence electrons. The van der Waals surface area contributed by atoms with E-state index >= 15 is 0 Å². The summed E-state index contributed by atoms with van der Waals surface area (Å²) in [5.41, 5.74) is 1.82. The van der Waals surface area contributed by atoms with Crippen LogP contribution in [0.4, 0.5) is 4.79 Å². The molecule has 25 heavy (non-hydrogen) atoms. The largest absolute Gasteiger partial charge is 0.469 e. The van der Waals surface area contributed by atoms with Crippen molar-refractivity contribution in [3.63, 3.8) is 0 Å². The normalized spacial score (nSPS) is 20.0. The van der Waals surface area contributed by atoms with Gasteiger partial charge in [0, 0.05) is 36.7 Å². The zero-order valence-electron chi connectivity index (χ0n) is 14.8. The van der Waals surface area contributed by atoms with Crippen molar-refractivity contribution in [1.82, 2.24) is 15.2 Å². The molecule has 2 N–H and O–H groups in total. The number of para-hydroxylation sites is 1. The second-order valence-electron chi connectivity index (χ2n) is 6.92. The Bertz CT molecular complexity index is 770. The molecule has 1 atom stereocenters. The zero-order valence-corrected chi connectivity index (χ0v) is 14.8. The Morgan fingerprint density at radius 3 is 2.96 bits per heavy atom. The number of hydrogen-bond donors (Lipinski definition) is 2. The topological polar surface area (TPSA) is 74.4 Å². The van der Waals surface area contributed by atoms with Crippen molar-refractivity contribution in [1.29, 1.82) is 0 Å². The van der Waals surface area contributed by atoms with E-state index in [1.54, 1.807) is 4.90 Å². The number of amides is 2. The number of rotatable bonds is 5. The van der Waals surface area contributed by atoms with Gasteiger partial charge >= 0.3 is 12.0 Å². The third-order valence-corrected chi connectivity index (χ3v) is 5.01. The number of aromatic nitrogens is 1. The Hall–Kier alpha value is -2.50. The summed E-state index contributed by atoms with van der Waals surface area (Å²) >= 11 is 0. The van der Waals surface area contributed by atoms with Crippen LogP contribution in [-0.2, 0) is 16.0 Å². The summed E-state index contributed by atoms with van der Waals surface area (Å²) in [6.07, 6.45) is 4.46. The van der Waals surface area contributed by atoms with Crippen molar-refractivity contribution in [2.75, 3.05) is 26.7 Å². The molecular weight excluding hydrogens is 318 g/mol. The number of carbonyl (C=O) groups excluding carboxylic acids is 2. The third kappa shape index (κ3) is 3.62. The molecule has 1 aromatic carbocycles. The van der Waals surface area contributed by atoms with Gasteiger partial charge in [0.15, 0.2) is 0 Å². The molecule has 2 aromatic rings. The Morgan fingerprint density at radius 1 is 1.36 bits per heavy atom. The summed E-state index contributed by atoms with van der Waals surface area (Å²) in [6.45, 7) is 3.46. The zero-order chi connectivity index (χ0) is 17.9. The van der Waals surface area contributed by atoms with Crippen LogP contribution in [0.5, 0.6) is 0 Å². The average molecular weight is 343 g/mol. The highest BCUT2D eigenvalue weighted by Crippen LogP contribution is 2.31. The van der Waals surface area contributed by atoms with Crippen LogP contribution < -0.4 is 5.32 Å². The summed E-state index contributed by atoms with van der Waals surface area (Å²) < 4.78 is 4.84. The molecule has 0 unspecified atom stereocenters. The predicted octanol–water partition coefficient (Wildman–Crippen LogP) is 2.70. The fraction of sp³-hybridized carbons (Fsp3) is 0.474. The van der Waals surface area contributed by atoms with Crippen LogP contribution in [0.1, 0.15) is 25.3 Å². The lowest BCUT2D eigenvalue weighted by atomic mass is 9.90. The summed E-state index contributed by atoms with van der Waals surface area (Å²) in [6, 6.07) is 8.12. The van der Waals surface area contributed by atoms with E-state index in [9.17, 15) is 9.59 Å². The molecule has 2 heterocycles. The van der Waals surface area contributed by atoms with Gasteiger partial charge in [-0.15, -0.1) is 0 Å². The highest BCUT2D eigenvalue weighted by molar-refractivity contribution is 5.83. The van der Waals surface area contributed by atoms with Crippen molar-refractivity contribution in [3.05, 3.63) is 36.0 Å². The van der Waals surface area contributed by atoms with Crippen molar-refractivity contribution < 1.29 is 14.3 Å². The summed E-state index contributed by atoms with van der Waals surface area (Å²) in [5.74, 6) is -0.248. The quantitative estimate of drug-likeness (QED) is 0.647. The second kappa shape index (κ2) is 7.17. The highest BCUT2D eigenvalue weighted by Gasteiger charge is 2.42. The number of methoxy groups -OCH3 is 1. The predicted molar refractivity (Wildman–Crippen MR) is 96.3 cm³/mol. The first kappa shape index (κ1) is 17.3. The molecule has 6 heteroatoms. The number of H-pyrrole nitrogens is 1. The lowest BCUT2D eigenvalue weighted by molar-refractivity contribution is -0.150. The Morgan fingerprint density at radius 2 is 2.16 bits per heavy atom. The molecule has 0 saturated carbocycles. The van der Waals surface area contributed by atoms with Gasteiger partial charge in [-0.05, 0) is 37.8 Å². The number of ether oxygens (including phenoxy) is 1. The first-order valence-corrected chi connectivity index (χ1v) is 8.70. The van der Waals surface area contributed by atoms with E-state index in [4.69, 9.17) is 4.74 Å². The van der Waals surface area contributed by atoms with E-state index in [-0.39, 0.29) is 12.0 Å². The number of benzene rings is 1. The van der Waals surface area contributed by atoms with Gasteiger partial charge in [-0.1, -0.05) is 18.2 Å². The van der Waals surface area contributed by atoms with Gasteiger partial charge in [-0.2, -0.15) is 0 Å². The van der Waals surface area contributed by atoms with Crippen molar-refractivity contribution in [3.8, 4) is 0 Å². The molecular formula is C19H25N3O3.